The van der Waals surface area contributed by atoms with E-state index in [1.165, 1.54) is 12.1 Å². The smallest absolute Gasteiger partial charge is 0.284 e. The number of hydrogen-bond acceptors (Lipinski definition) is 4. The third-order valence-electron chi connectivity index (χ3n) is 2.26. The molecule has 1 aromatic heterocycles. The molecular weight excluding hydrogens is 223 g/mol. The van der Waals surface area contributed by atoms with Crippen LogP contribution in [-0.4, -0.2) is 16.0 Å². The number of Topliss-reactive ketones (excluding diaryl/α,β-unsaturated/α-hetero) is 1. The first-order valence-electron chi connectivity index (χ1n) is 5.22. The van der Waals surface area contributed by atoms with Crippen LogP contribution in [0, 0.1) is 11.7 Å². The minimum atomic E-state index is -0.459. The van der Waals surface area contributed by atoms with Crippen LogP contribution in [0.15, 0.2) is 28.7 Å². The second kappa shape index (κ2) is 4.45. The van der Waals surface area contributed by atoms with Crippen LogP contribution in [0.4, 0.5) is 4.39 Å². The van der Waals surface area contributed by atoms with Gasteiger partial charge in [0.05, 0.1) is 5.56 Å². The molecule has 17 heavy (non-hydrogen) atoms. The molecule has 0 saturated heterocycles. The SMILES string of the molecule is CC(C)C(=O)c1nnc(-c2ccccc2F)o1. The summed E-state index contributed by atoms with van der Waals surface area (Å²) in [6.45, 7) is 3.46. The first kappa shape index (κ1) is 11.4. The van der Waals surface area contributed by atoms with Crippen LogP contribution in [0.1, 0.15) is 24.5 Å². The molecule has 2 aromatic rings. The van der Waals surface area contributed by atoms with E-state index in [1.807, 2.05) is 0 Å². The van der Waals surface area contributed by atoms with Crippen LogP contribution in [0.3, 0.4) is 0 Å². The molecule has 0 unspecified atom stereocenters. The van der Waals surface area contributed by atoms with Crippen molar-refractivity contribution in [1.82, 2.24) is 10.2 Å². The van der Waals surface area contributed by atoms with Gasteiger partial charge in [-0.2, -0.15) is 0 Å². The molecule has 0 N–H and O–H groups in total. The van der Waals surface area contributed by atoms with Gasteiger partial charge in [-0.1, -0.05) is 26.0 Å². The predicted molar refractivity (Wildman–Crippen MR) is 58.9 cm³/mol. The average molecular weight is 234 g/mol. The van der Waals surface area contributed by atoms with Crippen molar-refractivity contribution in [2.75, 3.05) is 0 Å². The van der Waals surface area contributed by atoms with E-state index < -0.39 is 5.82 Å². The van der Waals surface area contributed by atoms with Crippen molar-refractivity contribution >= 4 is 5.78 Å². The number of nitrogens with zero attached hydrogens (tertiary/aromatic N) is 2. The molecule has 0 radical (unpaired) electrons. The van der Waals surface area contributed by atoms with E-state index in [2.05, 4.69) is 10.2 Å². The summed E-state index contributed by atoms with van der Waals surface area (Å²) in [6, 6.07) is 6.04. The summed E-state index contributed by atoms with van der Waals surface area (Å²) in [5.41, 5.74) is 0.197. The van der Waals surface area contributed by atoms with Crippen LogP contribution < -0.4 is 0 Å². The average Bonchev–Trinajstić information content (AvgIpc) is 2.77. The minimum Gasteiger partial charge on any atom is -0.413 e. The molecule has 0 saturated carbocycles. The van der Waals surface area contributed by atoms with Gasteiger partial charge in [0.25, 0.3) is 11.8 Å². The Labute approximate surface area is 97.5 Å². The number of carbonyl (C=O) groups excluding carboxylic acids is 1. The molecule has 88 valence electrons. The maximum absolute atomic E-state index is 13.4. The fourth-order valence-corrected chi connectivity index (χ4v) is 1.31. The second-order valence-electron chi connectivity index (χ2n) is 3.91. The summed E-state index contributed by atoms with van der Waals surface area (Å²) in [4.78, 5) is 11.6. The molecule has 0 atom stereocenters. The molecule has 0 bridgehead atoms. The van der Waals surface area contributed by atoms with E-state index in [0.29, 0.717) is 0 Å². The van der Waals surface area contributed by atoms with Gasteiger partial charge in [0.15, 0.2) is 0 Å². The first-order valence-corrected chi connectivity index (χ1v) is 5.22. The van der Waals surface area contributed by atoms with Crippen LogP contribution >= 0.6 is 0 Å². The van der Waals surface area contributed by atoms with Crippen LogP contribution in [0.25, 0.3) is 11.5 Å². The lowest BCUT2D eigenvalue weighted by Crippen LogP contribution is -2.07. The minimum absolute atomic E-state index is 0.0205. The number of aromatic nitrogens is 2. The maximum Gasteiger partial charge on any atom is 0.284 e. The summed E-state index contributed by atoms with van der Waals surface area (Å²) in [6.07, 6.45) is 0. The van der Waals surface area contributed by atoms with Crippen molar-refractivity contribution in [1.29, 1.82) is 0 Å². The van der Waals surface area contributed by atoms with Crippen molar-refractivity contribution in [3.63, 3.8) is 0 Å². The normalized spacial score (nSPS) is 10.8. The lowest BCUT2D eigenvalue weighted by atomic mass is 10.1. The van der Waals surface area contributed by atoms with E-state index in [0.717, 1.165) is 0 Å². The van der Waals surface area contributed by atoms with E-state index in [4.69, 9.17) is 4.42 Å². The molecule has 4 nitrogen and oxygen atoms in total. The largest absolute Gasteiger partial charge is 0.413 e. The van der Waals surface area contributed by atoms with Gasteiger partial charge in [-0.05, 0) is 12.1 Å². The van der Waals surface area contributed by atoms with Gasteiger partial charge in [-0.3, -0.25) is 4.79 Å². The molecule has 1 heterocycles. The zero-order valence-corrected chi connectivity index (χ0v) is 9.48. The number of hydrogen-bond donors (Lipinski definition) is 0. The second-order valence-corrected chi connectivity index (χ2v) is 3.91. The van der Waals surface area contributed by atoms with Crippen molar-refractivity contribution in [3.05, 3.63) is 36.0 Å². The van der Waals surface area contributed by atoms with E-state index in [1.54, 1.807) is 26.0 Å². The van der Waals surface area contributed by atoms with Gasteiger partial charge in [-0.25, -0.2) is 4.39 Å². The summed E-state index contributed by atoms with van der Waals surface area (Å²) in [5.74, 6) is -1.01. The number of rotatable bonds is 3. The van der Waals surface area contributed by atoms with Crippen LogP contribution in [0.2, 0.25) is 0 Å². The Balaban J connectivity index is 2.37. The van der Waals surface area contributed by atoms with Gasteiger partial charge in [-0.15, -0.1) is 10.2 Å². The zero-order chi connectivity index (χ0) is 12.4. The van der Waals surface area contributed by atoms with Crippen molar-refractivity contribution < 1.29 is 13.6 Å². The van der Waals surface area contributed by atoms with E-state index >= 15 is 0 Å². The van der Waals surface area contributed by atoms with Gasteiger partial charge in [0.1, 0.15) is 5.82 Å². The topological polar surface area (TPSA) is 56.0 Å². The van der Waals surface area contributed by atoms with Gasteiger partial charge in [0, 0.05) is 5.92 Å². The maximum atomic E-state index is 13.4. The van der Waals surface area contributed by atoms with Gasteiger partial charge < -0.3 is 4.42 Å². The van der Waals surface area contributed by atoms with Gasteiger partial charge >= 0.3 is 0 Å². The van der Waals surface area contributed by atoms with Crippen molar-refractivity contribution in [2.45, 2.75) is 13.8 Å². The molecule has 2 rings (SSSR count). The monoisotopic (exact) mass is 234 g/mol. The fourth-order valence-electron chi connectivity index (χ4n) is 1.31. The first-order chi connectivity index (χ1) is 8.09. The summed E-state index contributed by atoms with van der Waals surface area (Å²) < 4.78 is 18.6. The molecular formula is C12H11FN2O2. The molecule has 0 aliphatic heterocycles. The third-order valence-corrected chi connectivity index (χ3v) is 2.26. The Bertz CT molecular complexity index is 549. The summed E-state index contributed by atoms with van der Waals surface area (Å²) in [5, 5.41) is 7.30. The molecule has 0 spiro atoms. The highest BCUT2D eigenvalue weighted by Gasteiger charge is 2.19. The molecule has 1 aromatic carbocycles. The van der Waals surface area contributed by atoms with Crippen LogP contribution in [0.5, 0.6) is 0 Å². The highest BCUT2D eigenvalue weighted by Crippen LogP contribution is 2.21. The summed E-state index contributed by atoms with van der Waals surface area (Å²) in [7, 11) is 0. The number of halogens is 1. The Kier molecular flexibility index (Phi) is 2.99. The zero-order valence-electron chi connectivity index (χ0n) is 9.48. The Hall–Kier alpha value is -2.04. The van der Waals surface area contributed by atoms with Crippen molar-refractivity contribution in [2.24, 2.45) is 5.92 Å². The summed E-state index contributed by atoms with van der Waals surface area (Å²) >= 11 is 0. The highest BCUT2D eigenvalue weighted by molar-refractivity contribution is 5.93. The van der Waals surface area contributed by atoms with Crippen molar-refractivity contribution in [3.8, 4) is 11.5 Å². The number of benzene rings is 1. The van der Waals surface area contributed by atoms with E-state index in [9.17, 15) is 9.18 Å². The molecule has 0 aliphatic rings. The molecule has 5 heteroatoms. The number of carbonyl (C=O) groups is 1. The predicted octanol–water partition coefficient (Wildman–Crippen LogP) is 2.71. The Morgan fingerprint density at radius 3 is 2.65 bits per heavy atom. The Morgan fingerprint density at radius 1 is 1.29 bits per heavy atom. The Morgan fingerprint density at radius 2 is 2.00 bits per heavy atom. The highest BCUT2D eigenvalue weighted by atomic mass is 19.1. The van der Waals surface area contributed by atoms with E-state index in [-0.39, 0.29) is 29.0 Å². The fraction of sp³-hybridized carbons (Fsp3) is 0.250. The molecule has 0 amide bonds. The number of ketones is 1. The lowest BCUT2D eigenvalue weighted by molar-refractivity contribution is 0.0905. The van der Waals surface area contributed by atoms with Crippen LogP contribution in [-0.2, 0) is 0 Å². The quantitative estimate of drug-likeness (QED) is 0.766. The van der Waals surface area contributed by atoms with Gasteiger partial charge in [0.2, 0.25) is 5.78 Å². The third kappa shape index (κ3) is 2.22. The standard InChI is InChI=1S/C12H11FN2O2/c1-7(2)10(16)12-15-14-11(17-12)8-5-3-4-6-9(8)13/h3-7H,1-2H3. The lowest BCUT2D eigenvalue weighted by Gasteiger charge is -1.97. The molecule has 0 aliphatic carbocycles. The molecule has 0 fully saturated rings.